The van der Waals surface area contributed by atoms with Gasteiger partial charge in [-0.25, -0.2) is 0 Å². The monoisotopic (exact) mass is 189 g/mol. The predicted molar refractivity (Wildman–Crippen MR) is 54.5 cm³/mol. The van der Waals surface area contributed by atoms with Gasteiger partial charge in [-0.15, -0.1) is 0 Å². The van der Waals surface area contributed by atoms with Crippen LogP contribution < -0.4 is 5.48 Å². The maximum Gasteiger partial charge on any atom is 0.108 e. The smallest absolute Gasteiger partial charge is 0.108 e. The van der Waals surface area contributed by atoms with Gasteiger partial charge >= 0.3 is 0 Å². The van der Waals surface area contributed by atoms with Gasteiger partial charge in [-0.3, -0.25) is 4.84 Å². The van der Waals surface area contributed by atoms with Gasteiger partial charge in [0, 0.05) is 12.0 Å². The second kappa shape index (κ2) is 3.37. The predicted octanol–water partition coefficient (Wildman–Crippen LogP) is 2.43. The standard InChI is InChI=1S/C12H15NO/c1-2-5-9(6-3-1)12-10-7-4-8-11(10)13-14-12/h1-3,5-6,10-13H,4,7-8H2/t10-,11-,12-/m1/s1. The Kier molecular flexibility index (Phi) is 2.03. The van der Waals surface area contributed by atoms with E-state index in [0.29, 0.717) is 12.0 Å². The van der Waals surface area contributed by atoms with Gasteiger partial charge in [0.1, 0.15) is 6.10 Å². The topological polar surface area (TPSA) is 21.3 Å². The molecule has 2 aliphatic rings. The normalized spacial score (nSPS) is 35.9. The van der Waals surface area contributed by atoms with E-state index in [9.17, 15) is 0 Å². The van der Waals surface area contributed by atoms with Crippen molar-refractivity contribution in [3.63, 3.8) is 0 Å². The molecule has 0 unspecified atom stereocenters. The summed E-state index contributed by atoms with van der Waals surface area (Å²) in [5.74, 6) is 0.692. The van der Waals surface area contributed by atoms with Crippen molar-refractivity contribution in [2.45, 2.75) is 31.4 Å². The lowest BCUT2D eigenvalue weighted by molar-refractivity contribution is 0.0129. The second-order valence-electron chi connectivity index (χ2n) is 4.27. The third-order valence-electron chi connectivity index (χ3n) is 3.43. The van der Waals surface area contributed by atoms with Crippen molar-refractivity contribution in [1.82, 2.24) is 5.48 Å². The molecule has 14 heavy (non-hydrogen) atoms. The van der Waals surface area contributed by atoms with Gasteiger partial charge in [0.25, 0.3) is 0 Å². The van der Waals surface area contributed by atoms with E-state index in [1.807, 2.05) is 0 Å². The average molecular weight is 189 g/mol. The summed E-state index contributed by atoms with van der Waals surface area (Å²) in [5, 5.41) is 0. The van der Waals surface area contributed by atoms with Crippen LogP contribution in [0.2, 0.25) is 0 Å². The Hall–Kier alpha value is -0.860. The highest BCUT2D eigenvalue weighted by Gasteiger charge is 2.40. The van der Waals surface area contributed by atoms with Crippen LogP contribution in [0.4, 0.5) is 0 Å². The van der Waals surface area contributed by atoms with Crippen LogP contribution in [-0.2, 0) is 4.84 Å². The number of rotatable bonds is 1. The van der Waals surface area contributed by atoms with Crippen molar-refractivity contribution in [2.75, 3.05) is 0 Å². The highest BCUT2D eigenvalue weighted by atomic mass is 16.7. The first-order valence-electron chi connectivity index (χ1n) is 5.41. The summed E-state index contributed by atoms with van der Waals surface area (Å²) >= 11 is 0. The zero-order valence-electron chi connectivity index (χ0n) is 8.15. The Labute approximate surface area is 84.2 Å². The van der Waals surface area contributed by atoms with E-state index in [4.69, 9.17) is 4.84 Å². The minimum atomic E-state index is 0.281. The van der Waals surface area contributed by atoms with E-state index in [1.54, 1.807) is 0 Å². The zero-order valence-corrected chi connectivity index (χ0v) is 8.15. The summed E-state index contributed by atoms with van der Waals surface area (Å²) in [6, 6.07) is 11.1. The zero-order chi connectivity index (χ0) is 9.38. The number of nitrogens with one attached hydrogen (secondary N) is 1. The molecule has 0 radical (unpaired) electrons. The molecule has 1 aromatic carbocycles. The van der Waals surface area contributed by atoms with Crippen LogP contribution in [0.25, 0.3) is 0 Å². The molecule has 1 aromatic rings. The first kappa shape index (κ1) is 8.45. The van der Waals surface area contributed by atoms with Gasteiger partial charge in [-0.1, -0.05) is 36.8 Å². The van der Waals surface area contributed by atoms with E-state index in [1.165, 1.54) is 24.8 Å². The van der Waals surface area contributed by atoms with Crippen molar-refractivity contribution >= 4 is 0 Å². The fraction of sp³-hybridized carbons (Fsp3) is 0.500. The van der Waals surface area contributed by atoms with E-state index in [-0.39, 0.29) is 6.10 Å². The van der Waals surface area contributed by atoms with Gasteiger partial charge in [0.05, 0.1) is 0 Å². The number of hydrogen-bond acceptors (Lipinski definition) is 2. The summed E-state index contributed by atoms with van der Waals surface area (Å²) in [6.07, 6.45) is 4.20. The molecule has 0 aromatic heterocycles. The van der Waals surface area contributed by atoms with Gasteiger partial charge in [-0.2, -0.15) is 5.48 Å². The molecule has 0 spiro atoms. The lowest BCUT2D eigenvalue weighted by Gasteiger charge is -2.14. The highest BCUT2D eigenvalue weighted by Crippen LogP contribution is 2.42. The van der Waals surface area contributed by atoms with E-state index in [2.05, 4.69) is 35.8 Å². The van der Waals surface area contributed by atoms with Gasteiger partial charge < -0.3 is 0 Å². The van der Waals surface area contributed by atoms with E-state index >= 15 is 0 Å². The molecule has 1 aliphatic heterocycles. The molecule has 2 fully saturated rings. The molecule has 1 aliphatic carbocycles. The van der Waals surface area contributed by atoms with Crippen molar-refractivity contribution in [3.05, 3.63) is 35.9 Å². The van der Waals surface area contributed by atoms with Crippen LogP contribution in [0.15, 0.2) is 30.3 Å². The molecule has 0 amide bonds. The summed E-state index contributed by atoms with van der Waals surface area (Å²) in [7, 11) is 0. The molecule has 74 valence electrons. The van der Waals surface area contributed by atoms with E-state index < -0.39 is 0 Å². The van der Waals surface area contributed by atoms with E-state index in [0.717, 1.165) is 0 Å². The van der Waals surface area contributed by atoms with Crippen molar-refractivity contribution in [1.29, 1.82) is 0 Å². The van der Waals surface area contributed by atoms with Crippen molar-refractivity contribution in [3.8, 4) is 0 Å². The maximum absolute atomic E-state index is 5.66. The lowest BCUT2D eigenvalue weighted by atomic mass is 9.93. The Morgan fingerprint density at radius 1 is 1.14 bits per heavy atom. The van der Waals surface area contributed by atoms with Crippen LogP contribution in [0.1, 0.15) is 30.9 Å². The summed E-state index contributed by atoms with van der Waals surface area (Å²) in [4.78, 5) is 5.66. The molecule has 1 heterocycles. The van der Waals surface area contributed by atoms with Gasteiger partial charge in [0.2, 0.25) is 0 Å². The Morgan fingerprint density at radius 3 is 2.86 bits per heavy atom. The molecular weight excluding hydrogens is 174 g/mol. The largest absolute Gasteiger partial charge is 0.293 e. The first-order valence-corrected chi connectivity index (χ1v) is 5.41. The van der Waals surface area contributed by atoms with Crippen LogP contribution in [-0.4, -0.2) is 6.04 Å². The highest BCUT2D eigenvalue weighted by molar-refractivity contribution is 5.20. The maximum atomic E-state index is 5.66. The van der Waals surface area contributed by atoms with Crippen LogP contribution in [0.5, 0.6) is 0 Å². The quantitative estimate of drug-likeness (QED) is 0.732. The summed E-state index contributed by atoms with van der Waals surface area (Å²) < 4.78 is 0. The fourth-order valence-electron chi connectivity index (χ4n) is 2.70. The van der Waals surface area contributed by atoms with Crippen molar-refractivity contribution in [2.24, 2.45) is 5.92 Å². The third kappa shape index (κ3) is 1.26. The minimum Gasteiger partial charge on any atom is -0.293 e. The van der Waals surface area contributed by atoms with Gasteiger partial charge in [0.15, 0.2) is 0 Å². The summed E-state index contributed by atoms with van der Waals surface area (Å²) in [6.45, 7) is 0. The molecule has 2 nitrogen and oxygen atoms in total. The first-order chi connectivity index (χ1) is 6.95. The molecule has 1 N–H and O–H groups in total. The molecular formula is C12H15NO. The second-order valence-corrected chi connectivity index (χ2v) is 4.27. The molecule has 3 atom stereocenters. The molecule has 2 heteroatoms. The van der Waals surface area contributed by atoms with Gasteiger partial charge in [-0.05, 0) is 18.4 Å². The fourth-order valence-corrected chi connectivity index (χ4v) is 2.70. The Morgan fingerprint density at radius 2 is 2.00 bits per heavy atom. The summed E-state index contributed by atoms with van der Waals surface area (Å²) in [5.41, 5.74) is 4.48. The minimum absolute atomic E-state index is 0.281. The number of fused-ring (bicyclic) bond motifs is 1. The van der Waals surface area contributed by atoms with Crippen LogP contribution in [0, 0.1) is 5.92 Å². The number of benzene rings is 1. The Balaban J connectivity index is 1.86. The molecule has 1 saturated carbocycles. The number of hydroxylamine groups is 1. The average Bonchev–Trinajstić information content (AvgIpc) is 2.79. The van der Waals surface area contributed by atoms with Crippen LogP contribution >= 0.6 is 0 Å². The number of hydrogen-bond donors (Lipinski definition) is 1. The SMILES string of the molecule is c1ccc([C@H]2ON[C@@H]3CCC[C@@H]23)cc1. The Bertz CT molecular complexity index is 311. The molecule has 1 saturated heterocycles. The molecule has 0 bridgehead atoms. The van der Waals surface area contributed by atoms with Crippen molar-refractivity contribution < 1.29 is 4.84 Å². The third-order valence-corrected chi connectivity index (χ3v) is 3.43. The lowest BCUT2D eigenvalue weighted by Crippen LogP contribution is -2.20. The van der Waals surface area contributed by atoms with Crippen LogP contribution in [0.3, 0.4) is 0 Å². The molecule has 3 rings (SSSR count).